The number of sulfone groups is 1. The fourth-order valence-corrected chi connectivity index (χ4v) is 5.19. The van der Waals surface area contributed by atoms with Crippen molar-refractivity contribution >= 4 is 9.84 Å². The van der Waals surface area contributed by atoms with E-state index in [-0.39, 0.29) is 5.41 Å². The molecule has 21 heavy (non-hydrogen) atoms. The van der Waals surface area contributed by atoms with Gasteiger partial charge in [-0.3, -0.25) is 0 Å². The maximum absolute atomic E-state index is 12.9. The van der Waals surface area contributed by atoms with Crippen molar-refractivity contribution in [1.82, 2.24) is 0 Å². The van der Waals surface area contributed by atoms with Gasteiger partial charge in [-0.25, -0.2) is 8.42 Å². The second-order valence-electron chi connectivity index (χ2n) is 7.01. The van der Waals surface area contributed by atoms with Crippen molar-refractivity contribution in [2.75, 3.05) is 0 Å². The Kier molecular flexibility index (Phi) is 4.43. The number of hydrogen-bond donors (Lipinski definition) is 0. The molecule has 1 saturated carbocycles. The van der Waals surface area contributed by atoms with E-state index in [1.807, 2.05) is 0 Å². The van der Waals surface area contributed by atoms with E-state index in [1.165, 1.54) is 0 Å². The smallest absolute Gasteiger partial charge is 0.182 e. The zero-order valence-electron chi connectivity index (χ0n) is 12.9. The van der Waals surface area contributed by atoms with Crippen LogP contribution in [0.3, 0.4) is 0 Å². The molecule has 3 unspecified atom stereocenters. The summed E-state index contributed by atoms with van der Waals surface area (Å²) in [5.74, 6) is -0.0561. The summed E-state index contributed by atoms with van der Waals surface area (Å²) in [7, 11) is -3.44. The minimum absolute atomic E-state index is 0.0743. The van der Waals surface area contributed by atoms with E-state index in [9.17, 15) is 13.7 Å². The van der Waals surface area contributed by atoms with Gasteiger partial charge in [-0.15, -0.1) is 0 Å². The van der Waals surface area contributed by atoms with Crippen molar-refractivity contribution in [3.8, 4) is 6.07 Å². The van der Waals surface area contributed by atoms with Gasteiger partial charge in [0.2, 0.25) is 0 Å². The van der Waals surface area contributed by atoms with Gasteiger partial charge in [-0.1, -0.05) is 39.0 Å². The first kappa shape index (κ1) is 16.0. The van der Waals surface area contributed by atoms with Crippen LogP contribution >= 0.6 is 0 Å². The van der Waals surface area contributed by atoms with Crippen LogP contribution in [0.5, 0.6) is 0 Å². The van der Waals surface area contributed by atoms with E-state index in [2.05, 4.69) is 26.8 Å². The number of hydrogen-bond acceptors (Lipinski definition) is 3. The highest BCUT2D eigenvalue weighted by Gasteiger charge is 2.42. The zero-order chi connectivity index (χ0) is 15.7. The van der Waals surface area contributed by atoms with Gasteiger partial charge in [0.15, 0.2) is 9.84 Å². The first-order valence-corrected chi connectivity index (χ1v) is 9.00. The maximum atomic E-state index is 12.9. The van der Waals surface area contributed by atoms with Crippen molar-refractivity contribution < 1.29 is 8.42 Å². The molecule has 0 aliphatic heterocycles. The molecule has 1 fully saturated rings. The molecule has 2 rings (SSSR count). The summed E-state index contributed by atoms with van der Waals surface area (Å²) in [6.45, 7) is 6.45. The maximum Gasteiger partial charge on any atom is 0.182 e. The van der Waals surface area contributed by atoms with Crippen LogP contribution in [-0.2, 0) is 9.84 Å². The van der Waals surface area contributed by atoms with Gasteiger partial charge in [0.25, 0.3) is 0 Å². The minimum atomic E-state index is -3.44. The monoisotopic (exact) mass is 305 g/mol. The summed E-state index contributed by atoms with van der Waals surface area (Å²) >= 11 is 0. The lowest BCUT2D eigenvalue weighted by Gasteiger charge is -2.39. The second kappa shape index (κ2) is 5.81. The standard InChI is InChI=1S/C17H23NO2S/c1-17(2,3)14-10-9-13(12-18)16(11-14)21(19,20)15-7-5-4-6-8-15/h4-8,13-14,16H,9-11H2,1-3H3. The summed E-state index contributed by atoms with van der Waals surface area (Å²) < 4.78 is 25.8. The molecule has 3 atom stereocenters. The third-order valence-corrected chi connectivity index (χ3v) is 6.90. The van der Waals surface area contributed by atoms with Crippen LogP contribution in [0.2, 0.25) is 0 Å². The highest BCUT2D eigenvalue weighted by molar-refractivity contribution is 7.92. The SMILES string of the molecule is CC(C)(C)C1CCC(C#N)C(S(=O)(=O)c2ccccc2)C1. The van der Waals surface area contributed by atoms with Gasteiger partial charge in [0, 0.05) is 0 Å². The van der Waals surface area contributed by atoms with E-state index in [4.69, 9.17) is 0 Å². The molecule has 0 amide bonds. The quantitative estimate of drug-likeness (QED) is 0.834. The Hall–Kier alpha value is -1.34. The van der Waals surface area contributed by atoms with Gasteiger partial charge in [-0.2, -0.15) is 5.26 Å². The largest absolute Gasteiger partial charge is 0.223 e. The van der Waals surface area contributed by atoms with E-state index in [0.29, 0.717) is 23.7 Å². The predicted molar refractivity (Wildman–Crippen MR) is 83.3 cm³/mol. The molecule has 0 spiro atoms. The fraction of sp³-hybridized carbons (Fsp3) is 0.588. The summed E-state index contributed by atoms with van der Waals surface area (Å²) in [6.07, 6.45) is 2.19. The van der Waals surface area contributed by atoms with Crippen LogP contribution in [-0.4, -0.2) is 13.7 Å². The van der Waals surface area contributed by atoms with Gasteiger partial charge in [-0.05, 0) is 42.7 Å². The normalized spacial score (nSPS) is 27.0. The fourth-order valence-electron chi connectivity index (χ4n) is 3.19. The average Bonchev–Trinajstić information content (AvgIpc) is 2.46. The molecule has 1 aliphatic carbocycles. The summed E-state index contributed by atoms with van der Waals surface area (Å²) in [6, 6.07) is 10.8. The Balaban J connectivity index is 2.36. The van der Waals surface area contributed by atoms with Gasteiger partial charge < -0.3 is 0 Å². The van der Waals surface area contributed by atoms with Gasteiger partial charge in [0.05, 0.1) is 22.1 Å². The molecule has 0 radical (unpaired) electrons. The molecule has 0 N–H and O–H groups in total. The predicted octanol–water partition coefficient (Wildman–Crippen LogP) is 3.81. The second-order valence-corrected chi connectivity index (χ2v) is 9.18. The third kappa shape index (κ3) is 3.29. The lowest BCUT2D eigenvalue weighted by Crippen LogP contribution is -2.39. The van der Waals surface area contributed by atoms with Crippen molar-refractivity contribution in [3.63, 3.8) is 0 Å². The van der Waals surface area contributed by atoms with Crippen LogP contribution in [0.1, 0.15) is 40.0 Å². The Morgan fingerprint density at radius 1 is 1.14 bits per heavy atom. The van der Waals surface area contributed by atoms with Crippen molar-refractivity contribution in [2.45, 2.75) is 50.2 Å². The molecule has 1 aliphatic rings. The van der Waals surface area contributed by atoms with Crippen LogP contribution in [0, 0.1) is 28.6 Å². The summed E-state index contributed by atoms with van der Waals surface area (Å²) in [5.41, 5.74) is 0.0743. The van der Waals surface area contributed by atoms with Crippen molar-refractivity contribution in [3.05, 3.63) is 30.3 Å². The minimum Gasteiger partial charge on any atom is -0.223 e. The Morgan fingerprint density at radius 3 is 2.29 bits per heavy atom. The van der Waals surface area contributed by atoms with Gasteiger partial charge in [0.1, 0.15) is 0 Å². The molecule has 0 heterocycles. The van der Waals surface area contributed by atoms with Crippen molar-refractivity contribution in [2.24, 2.45) is 17.3 Å². The summed E-state index contributed by atoms with van der Waals surface area (Å²) in [5, 5.41) is 8.77. The molecule has 1 aromatic rings. The number of benzene rings is 1. The van der Waals surface area contributed by atoms with E-state index >= 15 is 0 Å². The highest BCUT2D eigenvalue weighted by Crippen LogP contribution is 2.43. The third-order valence-electron chi connectivity index (χ3n) is 4.65. The molecule has 1 aromatic carbocycles. The van der Waals surface area contributed by atoms with E-state index in [0.717, 1.165) is 6.42 Å². The first-order chi connectivity index (χ1) is 9.76. The van der Waals surface area contributed by atoms with Crippen LogP contribution in [0.25, 0.3) is 0 Å². The molecule has 4 heteroatoms. The molecule has 0 aromatic heterocycles. The van der Waals surface area contributed by atoms with E-state index < -0.39 is 21.0 Å². The molecule has 114 valence electrons. The molecule has 0 bridgehead atoms. The Bertz CT molecular complexity index is 623. The average molecular weight is 305 g/mol. The number of nitrogens with zero attached hydrogens (tertiary/aromatic N) is 1. The van der Waals surface area contributed by atoms with Crippen LogP contribution < -0.4 is 0 Å². The van der Waals surface area contributed by atoms with Crippen molar-refractivity contribution in [1.29, 1.82) is 5.26 Å². The van der Waals surface area contributed by atoms with E-state index in [1.54, 1.807) is 30.3 Å². The lowest BCUT2D eigenvalue weighted by molar-refractivity contribution is 0.166. The number of rotatable bonds is 2. The van der Waals surface area contributed by atoms with Crippen LogP contribution in [0.15, 0.2) is 35.2 Å². The topological polar surface area (TPSA) is 57.9 Å². The molecular weight excluding hydrogens is 282 g/mol. The molecule has 3 nitrogen and oxygen atoms in total. The molecule has 0 saturated heterocycles. The van der Waals surface area contributed by atoms with Gasteiger partial charge >= 0.3 is 0 Å². The molecular formula is C17H23NO2S. The number of nitriles is 1. The Morgan fingerprint density at radius 2 is 1.76 bits per heavy atom. The first-order valence-electron chi connectivity index (χ1n) is 7.45. The summed E-state index contributed by atoms with van der Waals surface area (Å²) in [4.78, 5) is 0.338. The van der Waals surface area contributed by atoms with Crippen LogP contribution in [0.4, 0.5) is 0 Å². The zero-order valence-corrected chi connectivity index (χ0v) is 13.7. The highest BCUT2D eigenvalue weighted by atomic mass is 32.2. The Labute approximate surface area is 127 Å². The lowest BCUT2D eigenvalue weighted by atomic mass is 9.70.